The van der Waals surface area contributed by atoms with Gasteiger partial charge in [-0.15, -0.1) is 11.6 Å². The molecule has 2 amide bonds. The summed E-state index contributed by atoms with van der Waals surface area (Å²) in [6.45, 7) is -0.338. The first-order valence-corrected chi connectivity index (χ1v) is 10.2. The normalized spacial score (nSPS) is 32.6. The third kappa shape index (κ3) is 3.62. The lowest BCUT2D eigenvalue weighted by Crippen LogP contribution is -2.56. The number of carbonyl (C=O) groups is 3. The van der Waals surface area contributed by atoms with E-state index >= 15 is 0 Å². The van der Waals surface area contributed by atoms with E-state index < -0.39 is 11.3 Å². The van der Waals surface area contributed by atoms with Crippen LogP contribution in [0.3, 0.4) is 0 Å². The average Bonchev–Trinajstić information content (AvgIpc) is 2.63. The summed E-state index contributed by atoms with van der Waals surface area (Å²) < 4.78 is 5.42. The lowest BCUT2D eigenvalue weighted by atomic mass is 9.49. The van der Waals surface area contributed by atoms with Crippen LogP contribution < -0.4 is 10.6 Å². The fourth-order valence-electron chi connectivity index (χ4n) is 5.75. The van der Waals surface area contributed by atoms with Crippen LogP contribution in [0.25, 0.3) is 0 Å². The predicted octanol–water partition coefficient (Wildman–Crippen LogP) is 3.11. The summed E-state index contributed by atoms with van der Waals surface area (Å²) in [5.41, 5.74) is 0.403. The van der Waals surface area contributed by atoms with Crippen LogP contribution in [0.5, 0.6) is 0 Å². The molecule has 0 saturated heterocycles. The van der Waals surface area contributed by atoms with Gasteiger partial charge in [0.15, 0.2) is 6.61 Å². The molecule has 2 N–H and O–H groups in total. The van der Waals surface area contributed by atoms with Crippen LogP contribution in [0.1, 0.15) is 48.9 Å². The van der Waals surface area contributed by atoms with Gasteiger partial charge in [0.25, 0.3) is 11.8 Å². The van der Waals surface area contributed by atoms with E-state index in [4.69, 9.17) is 16.3 Å². The van der Waals surface area contributed by atoms with Crippen molar-refractivity contribution in [3.8, 4) is 0 Å². The number of alkyl halides is 1. The molecule has 4 atom stereocenters. The average molecular weight is 405 g/mol. The Bertz CT molecular complexity index is 810. The zero-order valence-electron chi connectivity index (χ0n) is 15.9. The maximum atomic E-state index is 12.9. The summed E-state index contributed by atoms with van der Waals surface area (Å²) in [6, 6.07) is 6.60. The van der Waals surface area contributed by atoms with E-state index in [1.54, 1.807) is 31.3 Å². The topological polar surface area (TPSA) is 84.5 Å². The monoisotopic (exact) mass is 404 g/mol. The van der Waals surface area contributed by atoms with Gasteiger partial charge in [-0.05, 0) is 68.6 Å². The number of carbonyl (C=O) groups excluding carboxylic acids is 3. The molecule has 0 aromatic heterocycles. The standard InChI is InChI=1S/C21H25ClN2O4/c1-23-18(26)15-3-2-4-16(6-15)24-17(25)11-28-19(27)20-7-13-5-14(8-20)10-21(22,9-13)12-20/h2-4,6,13-14H,5,7-12H2,1H3,(H,23,26)(H,24,25)/t13-,14+,20?,21?. The van der Waals surface area contributed by atoms with Gasteiger partial charge in [-0.2, -0.15) is 0 Å². The molecule has 150 valence electrons. The van der Waals surface area contributed by atoms with E-state index in [0.717, 1.165) is 32.1 Å². The lowest BCUT2D eigenvalue weighted by molar-refractivity contribution is -0.171. The van der Waals surface area contributed by atoms with Gasteiger partial charge in [-0.3, -0.25) is 14.4 Å². The van der Waals surface area contributed by atoms with E-state index in [2.05, 4.69) is 10.6 Å². The second-order valence-electron chi connectivity index (χ2n) is 8.68. The van der Waals surface area contributed by atoms with E-state index in [1.165, 1.54) is 0 Å². The van der Waals surface area contributed by atoms with Crippen molar-refractivity contribution in [3.63, 3.8) is 0 Å². The molecular formula is C21H25ClN2O4. The van der Waals surface area contributed by atoms with Crippen LogP contribution in [0, 0.1) is 17.3 Å². The number of anilines is 1. The SMILES string of the molecule is CNC(=O)c1cccc(NC(=O)COC(=O)C23C[C@@H]4C[C@@H](CC(Cl)(C4)C2)C3)c1. The molecule has 2 unspecified atom stereocenters. The Morgan fingerprint density at radius 1 is 1.18 bits per heavy atom. The number of rotatable bonds is 5. The molecule has 5 rings (SSSR count). The second-order valence-corrected chi connectivity index (χ2v) is 9.48. The number of ether oxygens (including phenoxy) is 1. The molecular weight excluding hydrogens is 380 g/mol. The van der Waals surface area contributed by atoms with E-state index in [9.17, 15) is 14.4 Å². The Balaban J connectivity index is 1.35. The Labute approximate surface area is 169 Å². The number of hydrogen-bond acceptors (Lipinski definition) is 4. The number of hydrogen-bond donors (Lipinski definition) is 2. The van der Waals surface area contributed by atoms with Crippen molar-refractivity contribution in [2.24, 2.45) is 17.3 Å². The second kappa shape index (κ2) is 7.07. The summed E-state index contributed by atoms with van der Waals surface area (Å²) >= 11 is 6.77. The van der Waals surface area contributed by atoms with Crippen LogP contribution in [-0.2, 0) is 14.3 Å². The van der Waals surface area contributed by atoms with Crippen LogP contribution in [-0.4, -0.2) is 36.3 Å². The van der Waals surface area contributed by atoms with Crippen LogP contribution in [0.2, 0.25) is 0 Å². The maximum Gasteiger partial charge on any atom is 0.312 e. The van der Waals surface area contributed by atoms with Crippen molar-refractivity contribution < 1.29 is 19.1 Å². The minimum absolute atomic E-state index is 0.237. The smallest absolute Gasteiger partial charge is 0.312 e. The van der Waals surface area contributed by atoms with Gasteiger partial charge in [0.2, 0.25) is 0 Å². The molecule has 4 aliphatic rings. The first-order valence-electron chi connectivity index (χ1n) is 9.79. The number of halogens is 1. The van der Waals surface area contributed by atoms with Crippen molar-refractivity contribution >= 4 is 35.1 Å². The highest BCUT2D eigenvalue weighted by Gasteiger charge is 2.60. The van der Waals surface area contributed by atoms with Crippen LogP contribution >= 0.6 is 11.6 Å². The van der Waals surface area contributed by atoms with Gasteiger partial charge in [0.1, 0.15) is 0 Å². The van der Waals surface area contributed by atoms with Gasteiger partial charge >= 0.3 is 5.97 Å². The quantitative estimate of drug-likeness (QED) is 0.583. The Hall–Kier alpha value is -2.08. The molecule has 4 fully saturated rings. The fraction of sp³-hybridized carbons (Fsp3) is 0.571. The third-order valence-electron chi connectivity index (χ3n) is 6.39. The minimum Gasteiger partial charge on any atom is -0.455 e. The van der Waals surface area contributed by atoms with Gasteiger partial charge in [-0.1, -0.05) is 6.07 Å². The molecule has 1 aromatic rings. The van der Waals surface area contributed by atoms with Gasteiger partial charge in [0, 0.05) is 23.2 Å². The molecule has 0 spiro atoms. The van der Waals surface area contributed by atoms with E-state index in [-0.39, 0.29) is 23.4 Å². The van der Waals surface area contributed by atoms with Crippen molar-refractivity contribution in [2.75, 3.05) is 19.0 Å². The minimum atomic E-state index is -0.523. The highest BCUT2D eigenvalue weighted by molar-refractivity contribution is 6.24. The van der Waals surface area contributed by atoms with Gasteiger partial charge < -0.3 is 15.4 Å². The molecule has 0 radical (unpaired) electrons. The molecule has 6 nitrogen and oxygen atoms in total. The summed E-state index contributed by atoms with van der Waals surface area (Å²) in [4.78, 5) is 36.5. The molecule has 28 heavy (non-hydrogen) atoms. The van der Waals surface area contributed by atoms with Gasteiger partial charge in [0.05, 0.1) is 5.41 Å². The lowest BCUT2D eigenvalue weighted by Gasteiger charge is -2.58. The van der Waals surface area contributed by atoms with Crippen molar-refractivity contribution in [1.29, 1.82) is 0 Å². The fourth-order valence-corrected chi connectivity index (χ4v) is 6.45. The zero-order chi connectivity index (χ0) is 19.9. The molecule has 4 saturated carbocycles. The van der Waals surface area contributed by atoms with Gasteiger partial charge in [-0.25, -0.2) is 0 Å². The largest absolute Gasteiger partial charge is 0.455 e. The van der Waals surface area contributed by atoms with Crippen molar-refractivity contribution in [1.82, 2.24) is 5.32 Å². The molecule has 1 aromatic carbocycles. The Morgan fingerprint density at radius 3 is 2.54 bits per heavy atom. The molecule has 4 bridgehead atoms. The third-order valence-corrected chi connectivity index (χ3v) is 6.83. The number of nitrogens with one attached hydrogen (secondary N) is 2. The molecule has 0 heterocycles. The molecule has 4 aliphatic carbocycles. The van der Waals surface area contributed by atoms with E-state index in [0.29, 0.717) is 29.5 Å². The summed E-state index contributed by atoms with van der Waals surface area (Å²) in [6.07, 6.45) is 5.44. The van der Waals surface area contributed by atoms with E-state index in [1.807, 2.05) is 0 Å². The summed E-state index contributed by atoms with van der Waals surface area (Å²) in [7, 11) is 1.54. The summed E-state index contributed by atoms with van der Waals surface area (Å²) in [5.74, 6) is 0.0353. The first kappa shape index (κ1) is 19.2. The van der Waals surface area contributed by atoms with Crippen LogP contribution in [0.15, 0.2) is 24.3 Å². The predicted molar refractivity (Wildman–Crippen MR) is 105 cm³/mol. The number of amides is 2. The Morgan fingerprint density at radius 2 is 1.89 bits per heavy atom. The van der Waals surface area contributed by atoms with Crippen molar-refractivity contribution in [3.05, 3.63) is 29.8 Å². The highest BCUT2D eigenvalue weighted by Crippen LogP contribution is 2.64. The highest BCUT2D eigenvalue weighted by atomic mass is 35.5. The number of esters is 1. The molecule has 0 aliphatic heterocycles. The molecule has 7 heteroatoms. The van der Waals surface area contributed by atoms with Crippen LogP contribution in [0.4, 0.5) is 5.69 Å². The summed E-state index contributed by atoms with van der Waals surface area (Å²) in [5, 5.41) is 5.21. The number of benzene rings is 1. The maximum absolute atomic E-state index is 12.9. The first-order chi connectivity index (χ1) is 13.3. The Kier molecular flexibility index (Phi) is 4.86. The zero-order valence-corrected chi connectivity index (χ0v) is 16.7. The van der Waals surface area contributed by atoms with Crippen molar-refractivity contribution in [2.45, 2.75) is 43.4 Å².